The smallest absolute Gasteiger partial charge is 0.128 e. The van der Waals surface area contributed by atoms with Crippen LogP contribution in [0.4, 0.5) is 0 Å². The average molecular weight is 379 g/mol. The van der Waals surface area contributed by atoms with Crippen molar-refractivity contribution in [3.63, 3.8) is 0 Å². The van der Waals surface area contributed by atoms with Gasteiger partial charge in [0, 0.05) is 23.9 Å². The first kappa shape index (κ1) is 20.1. The first-order chi connectivity index (χ1) is 13.7. The molecular weight excluding hydrogens is 348 g/mol. The first-order valence-electron chi connectivity index (χ1n) is 9.76. The van der Waals surface area contributed by atoms with Crippen molar-refractivity contribution < 1.29 is 4.74 Å². The van der Waals surface area contributed by atoms with E-state index < -0.39 is 0 Å². The topological polar surface area (TPSA) is 42.3 Å². The van der Waals surface area contributed by atoms with Crippen LogP contribution >= 0.6 is 0 Å². The minimum absolute atomic E-state index is 0.754. The minimum Gasteiger partial charge on any atom is -0.496 e. The Labute approximate surface area is 167 Å². The number of rotatable bonds is 10. The molecule has 1 heterocycles. The van der Waals surface area contributed by atoms with Gasteiger partial charge in [-0.15, -0.1) is 0 Å². The molecule has 0 unspecified atom stereocenters. The van der Waals surface area contributed by atoms with E-state index in [-0.39, 0.29) is 0 Å². The van der Waals surface area contributed by atoms with E-state index in [4.69, 9.17) is 9.84 Å². The molecule has 0 aliphatic rings. The summed E-state index contributed by atoms with van der Waals surface area (Å²) in [5, 5.41) is 8.46. The molecular formula is C23H30N4O. The van der Waals surface area contributed by atoms with Crippen molar-refractivity contribution in [3.05, 3.63) is 71.9 Å². The van der Waals surface area contributed by atoms with E-state index in [2.05, 4.69) is 60.8 Å². The van der Waals surface area contributed by atoms with Crippen LogP contribution < -0.4 is 10.1 Å². The van der Waals surface area contributed by atoms with Crippen molar-refractivity contribution in [2.24, 2.45) is 0 Å². The van der Waals surface area contributed by atoms with Crippen molar-refractivity contribution in [2.75, 3.05) is 34.3 Å². The molecule has 0 spiro atoms. The molecule has 0 saturated heterocycles. The number of nitrogens with zero attached hydrogens (tertiary/aromatic N) is 3. The molecule has 1 N–H and O–H groups in total. The van der Waals surface area contributed by atoms with Crippen LogP contribution in [0.3, 0.4) is 0 Å². The van der Waals surface area contributed by atoms with E-state index >= 15 is 0 Å². The summed E-state index contributed by atoms with van der Waals surface area (Å²) in [6.07, 6.45) is 3.27. The summed E-state index contributed by atoms with van der Waals surface area (Å²) < 4.78 is 7.60. The maximum Gasteiger partial charge on any atom is 0.128 e. The molecule has 0 aliphatic carbocycles. The van der Waals surface area contributed by atoms with E-state index in [1.165, 1.54) is 11.1 Å². The first-order valence-corrected chi connectivity index (χ1v) is 9.76. The summed E-state index contributed by atoms with van der Waals surface area (Å²) in [5.74, 6) is 0.848. The summed E-state index contributed by atoms with van der Waals surface area (Å²) >= 11 is 0. The second-order valence-corrected chi connectivity index (χ2v) is 7.22. The molecule has 0 saturated carbocycles. The van der Waals surface area contributed by atoms with Gasteiger partial charge in [-0.3, -0.25) is 4.68 Å². The van der Waals surface area contributed by atoms with Gasteiger partial charge in [-0.2, -0.15) is 5.10 Å². The number of ether oxygens (including phenoxy) is 1. The van der Waals surface area contributed by atoms with Crippen LogP contribution in [0.25, 0.3) is 11.3 Å². The summed E-state index contributed by atoms with van der Waals surface area (Å²) in [7, 11) is 5.92. The Morgan fingerprint density at radius 3 is 2.54 bits per heavy atom. The number of nitrogens with one attached hydrogen (secondary N) is 1. The van der Waals surface area contributed by atoms with Crippen molar-refractivity contribution >= 4 is 0 Å². The summed E-state index contributed by atoms with van der Waals surface area (Å²) in [6.45, 7) is 3.60. The zero-order chi connectivity index (χ0) is 19.8. The third-order valence-electron chi connectivity index (χ3n) is 4.66. The third kappa shape index (κ3) is 5.44. The molecule has 3 rings (SSSR count). The van der Waals surface area contributed by atoms with Crippen molar-refractivity contribution in [1.29, 1.82) is 0 Å². The standard InChI is InChI=1S/C23H30N4O/c1-26(2)15-9-14-24-16-20-18-27(17-19-10-5-4-6-11-19)25-23(20)21-12-7-8-13-22(21)28-3/h4-8,10-13,18,24H,9,14-17H2,1-3H3. The second kappa shape index (κ2) is 10.1. The van der Waals surface area contributed by atoms with Gasteiger partial charge in [-0.25, -0.2) is 0 Å². The highest BCUT2D eigenvalue weighted by Crippen LogP contribution is 2.31. The Morgan fingerprint density at radius 1 is 1.04 bits per heavy atom. The third-order valence-corrected chi connectivity index (χ3v) is 4.66. The number of hydrogen-bond donors (Lipinski definition) is 1. The molecule has 0 atom stereocenters. The average Bonchev–Trinajstić information content (AvgIpc) is 3.10. The maximum absolute atomic E-state index is 5.58. The van der Waals surface area contributed by atoms with Crippen LogP contribution in [0, 0.1) is 0 Å². The highest BCUT2D eigenvalue weighted by atomic mass is 16.5. The van der Waals surface area contributed by atoms with Crippen LogP contribution in [-0.4, -0.2) is 49.0 Å². The zero-order valence-electron chi connectivity index (χ0n) is 17.1. The molecule has 0 fully saturated rings. The van der Waals surface area contributed by atoms with Crippen molar-refractivity contribution in [1.82, 2.24) is 20.0 Å². The molecule has 1 aromatic heterocycles. The van der Waals surface area contributed by atoms with E-state index in [9.17, 15) is 0 Å². The SMILES string of the molecule is COc1ccccc1-c1nn(Cc2ccccc2)cc1CNCCCN(C)C. The summed E-state index contributed by atoms with van der Waals surface area (Å²) in [6, 6.07) is 18.5. The summed E-state index contributed by atoms with van der Waals surface area (Å²) in [5.41, 5.74) is 4.43. The lowest BCUT2D eigenvalue weighted by Gasteiger charge is -2.10. The zero-order valence-corrected chi connectivity index (χ0v) is 17.1. The number of para-hydroxylation sites is 1. The Bertz CT molecular complexity index is 858. The van der Waals surface area contributed by atoms with Crippen LogP contribution in [-0.2, 0) is 13.1 Å². The van der Waals surface area contributed by atoms with Gasteiger partial charge in [0.2, 0.25) is 0 Å². The number of methoxy groups -OCH3 is 1. The monoisotopic (exact) mass is 378 g/mol. The van der Waals surface area contributed by atoms with E-state index in [1.54, 1.807) is 7.11 Å². The lowest BCUT2D eigenvalue weighted by molar-refractivity contribution is 0.394. The van der Waals surface area contributed by atoms with E-state index in [0.29, 0.717) is 0 Å². The molecule has 5 heteroatoms. The van der Waals surface area contributed by atoms with Gasteiger partial charge in [-0.05, 0) is 51.3 Å². The van der Waals surface area contributed by atoms with Crippen LogP contribution in [0.1, 0.15) is 17.5 Å². The quantitative estimate of drug-likeness (QED) is 0.547. The second-order valence-electron chi connectivity index (χ2n) is 7.22. The molecule has 148 valence electrons. The van der Waals surface area contributed by atoms with Crippen LogP contribution in [0.5, 0.6) is 5.75 Å². The van der Waals surface area contributed by atoms with Crippen LogP contribution in [0.15, 0.2) is 60.8 Å². The fraction of sp³-hybridized carbons (Fsp3) is 0.348. The van der Waals surface area contributed by atoms with E-state index in [0.717, 1.165) is 49.6 Å². The lowest BCUT2D eigenvalue weighted by atomic mass is 10.1. The molecule has 5 nitrogen and oxygen atoms in total. The Hall–Kier alpha value is -2.63. The molecule has 0 bridgehead atoms. The van der Waals surface area contributed by atoms with Crippen molar-refractivity contribution in [2.45, 2.75) is 19.5 Å². The number of aromatic nitrogens is 2. The van der Waals surface area contributed by atoms with Gasteiger partial charge in [0.05, 0.1) is 13.7 Å². The Kier molecular flexibility index (Phi) is 7.23. The van der Waals surface area contributed by atoms with Gasteiger partial charge >= 0.3 is 0 Å². The Morgan fingerprint density at radius 2 is 1.79 bits per heavy atom. The normalized spacial score (nSPS) is 11.1. The molecule has 28 heavy (non-hydrogen) atoms. The molecule has 0 amide bonds. The molecule has 0 aliphatic heterocycles. The minimum atomic E-state index is 0.754. The van der Waals surface area contributed by atoms with Crippen LogP contribution in [0.2, 0.25) is 0 Å². The van der Waals surface area contributed by atoms with E-state index in [1.807, 2.05) is 28.9 Å². The Balaban J connectivity index is 1.81. The van der Waals surface area contributed by atoms with Gasteiger partial charge < -0.3 is 15.0 Å². The highest BCUT2D eigenvalue weighted by Gasteiger charge is 2.15. The predicted octanol–water partition coefficient (Wildman–Crippen LogP) is 3.65. The fourth-order valence-corrected chi connectivity index (χ4v) is 3.25. The predicted molar refractivity (Wildman–Crippen MR) is 115 cm³/mol. The van der Waals surface area contributed by atoms with Gasteiger partial charge in [0.25, 0.3) is 0 Å². The molecule has 2 aromatic carbocycles. The number of benzene rings is 2. The van der Waals surface area contributed by atoms with Crippen molar-refractivity contribution in [3.8, 4) is 17.0 Å². The largest absolute Gasteiger partial charge is 0.496 e. The van der Waals surface area contributed by atoms with Gasteiger partial charge in [-0.1, -0.05) is 42.5 Å². The molecule has 0 radical (unpaired) electrons. The van der Waals surface area contributed by atoms with Gasteiger partial charge in [0.15, 0.2) is 0 Å². The fourth-order valence-electron chi connectivity index (χ4n) is 3.25. The maximum atomic E-state index is 5.58. The number of hydrogen-bond acceptors (Lipinski definition) is 4. The summed E-state index contributed by atoms with van der Waals surface area (Å²) in [4.78, 5) is 2.21. The lowest BCUT2D eigenvalue weighted by Crippen LogP contribution is -2.21. The highest BCUT2D eigenvalue weighted by molar-refractivity contribution is 5.69. The van der Waals surface area contributed by atoms with Gasteiger partial charge in [0.1, 0.15) is 11.4 Å². The molecule has 3 aromatic rings.